The van der Waals surface area contributed by atoms with Gasteiger partial charge in [-0.1, -0.05) is 6.07 Å². The number of benzene rings is 1. The van der Waals surface area contributed by atoms with E-state index in [1.54, 1.807) is 23.7 Å². The number of carbonyl (C=O) groups excluding carboxylic acids is 2. The van der Waals surface area contributed by atoms with Crippen molar-refractivity contribution in [1.29, 1.82) is 0 Å². The lowest BCUT2D eigenvalue weighted by molar-refractivity contribution is -0.146. The molecule has 1 aromatic rings. The summed E-state index contributed by atoms with van der Waals surface area (Å²) < 4.78 is 11.4. The summed E-state index contributed by atoms with van der Waals surface area (Å²) in [5.41, 5.74) is 2.50. The van der Waals surface area contributed by atoms with Crippen LogP contribution in [0.3, 0.4) is 0 Å². The second-order valence-corrected chi connectivity index (χ2v) is 7.17. The van der Waals surface area contributed by atoms with E-state index in [1.807, 2.05) is 18.7 Å². The van der Waals surface area contributed by atoms with E-state index in [0.717, 1.165) is 12.0 Å². The molecule has 7 heteroatoms. The van der Waals surface area contributed by atoms with Crippen molar-refractivity contribution in [1.82, 2.24) is 10.4 Å². The van der Waals surface area contributed by atoms with E-state index in [0.29, 0.717) is 44.0 Å². The lowest BCUT2D eigenvalue weighted by atomic mass is 9.87. The monoisotopic (exact) mass is 348 g/mol. The molecule has 2 N–H and O–H groups in total. The highest BCUT2D eigenvalue weighted by Crippen LogP contribution is 2.31. The Labute approximate surface area is 146 Å². The Bertz CT molecular complexity index is 673. The summed E-state index contributed by atoms with van der Waals surface area (Å²) in [4.78, 5) is 26.3. The highest BCUT2D eigenvalue weighted by molar-refractivity contribution is 5.93. The van der Waals surface area contributed by atoms with Gasteiger partial charge in [-0.2, -0.15) is 0 Å². The predicted octanol–water partition coefficient (Wildman–Crippen LogP) is 1.73. The Morgan fingerprint density at radius 3 is 2.84 bits per heavy atom. The van der Waals surface area contributed by atoms with Crippen molar-refractivity contribution >= 4 is 11.8 Å². The molecule has 2 amide bonds. The van der Waals surface area contributed by atoms with Gasteiger partial charge in [0.25, 0.3) is 5.91 Å². The molecule has 1 unspecified atom stereocenters. The van der Waals surface area contributed by atoms with E-state index in [2.05, 4.69) is 0 Å². The van der Waals surface area contributed by atoms with Gasteiger partial charge in [-0.25, -0.2) is 5.48 Å². The number of rotatable bonds is 2. The third-order valence-electron chi connectivity index (χ3n) is 4.77. The minimum atomic E-state index is -0.590. The highest BCUT2D eigenvalue weighted by atomic mass is 16.5. The maximum Gasteiger partial charge on any atom is 0.274 e. The zero-order valence-corrected chi connectivity index (χ0v) is 14.6. The molecule has 0 bridgehead atoms. The van der Waals surface area contributed by atoms with Gasteiger partial charge in [0.05, 0.1) is 12.1 Å². The smallest absolute Gasteiger partial charge is 0.274 e. The van der Waals surface area contributed by atoms with E-state index in [4.69, 9.17) is 14.7 Å². The Balaban J connectivity index is 1.75. The zero-order valence-electron chi connectivity index (χ0n) is 14.6. The number of hydrogen-bond donors (Lipinski definition) is 2. The first-order valence-corrected chi connectivity index (χ1v) is 8.52. The van der Waals surface area contributed by atoms with Gasteiger partial charge in [-0.3, -0.25) is 14.8 Å². The van der Waals surface area contributed by atoms with Gasteiger partial charge in [0, 0.05) is 30.2 Å². The Kier molecular flexibility index (Phi) is 4.96. The summed E-state index contributed by atoms with van der Waals surface area (Å²) in [5, 5.41) is 8.75. The van der Waals surface area contributed by atoms with Crippen LogP contribution >= 0.6 is 0 Å². The minimum Gasteiger partial charge on any atom is -0.491 e. The fourth-order valence-corrected chi connectivity index (χ4v) is 3.46. The van der Waals surface area contributed by atoms with Crippen molar-refractivity contribution < 1.29 is 24.3 Å². The normalized spacial score (nSPS) is 22.4. The van der Waals surface area contributed by atoms with Crippen molar-refractivity contribution in [2.75, 3.05) is 19.8 Å². The van der Waals surface area contributed by atoms with Crippen LogP contribution in [0.15, 0.2) is 18.2 Å². The molecule has 3 rings (SSSR count). The predicted molar refractivity (Wildman–Crippen MR) is 89.4 cm³/mol. The Morgan fingerprint density at radius 2 is 2.12 bits per heavy atom. The van der Waals surface area contributed by atoms with E-state index in [1.165, 1.54) is 0 Å². The van der Waals surface area contributed by atoms with Crippen LogP contribution < -0.4 is 10.2 Å². The summed E-state index contributed by atoms with van der Waals surface area (Å²) in [7, 11) is 0. The molecular formula is C18H24N2O5. The van der Waals surface area contributed by atoms with E-state index >= 15 is 0 Å². The van der Waals surface area contributed by atoms with E-state index in [9.17, 15) is 9.59 Å². The fourth-order valence-electron chi connectivity index (χ4n) is 3.46. The van der Waals surface area contributed by atoms with Gasteiger partial charge in [0.2, 0.25) is 5.91 Å². The summed E-state index contributed by atoms with van der Waals surface area (Å²) in [6.45, 7) is 5.96. The SMILES string of the molecule is CC1(C)CC(C(=O)N2CCOc3cc(C(=O)NO)ccc3C2)CCO1. The topological polar surface area (TPSA) is 88.1 Å². The average molecular weight is 348 g/mol. The van der Waals surface area contributed by atoms with Crippen molar-refractivity contribution in [2.45, 2.75) is 38.8 Å². The molecule has 0 aromatic heterocycles. The van der Waals surface area contributed by atoms with Gasteiger partial charge in [-0.15, -0.1) is 0 Å². The van der Waals surface area contributed by atoms with Crippen molar-refractivity contribution in [3.63, 3.8) is 0 Å². The standard InChI is InChI=1S/C18H24N2O5/c1-18(2)10-13(5-7-25-18)17(22)20-6-8-24-15-9-12(16(21)19-23)3-4-14(15)11-20/h3-4,9,13,23H,5-8,10-11H2,1-2H3,(H,19,21). The van der Waals surface area contributed by atoms with Crippen molar-refractivity contribution in [3.05, 3.63) is 29.3 Å². The van der Waals surface area contributed by atoms with Crippen LogP contribution in [-0.4, -0.2) is 47.3 Å². The largest absolute Gasteiger partial charge is 0.491 e. The van der Waals surface area contributed by atoms with Crippen molar-refractivity contribution in [3.8, 4) is 5.75 Å². The van der Waals surface area contributed by atoms with Gasteiger partial charge >= 0.3 is 0 Å². The molecule has 0 radical (unpaired) electrons. The van der Waals surface area contributed by atoms with Crippen LogP contribution in [0.2, 0.25) is 0 Å². The molecule has 1 fully saturated rings. The van der Waals surface area contributed by atoms with Gasteiger partial charge < -0.3 is 14.4 Å². The zero-order chi connectivity index (χ0) is 18.0. The number of ether oxygens (including phenoxy) is 2. The van der Waals surface area contributed by atoms with Gasteiger partial charge in [0.15, 0.2) is 0 Å². The number of hydroxylamine groups is 1. The van der Waals surface area contributed by atoms with Crippen LogP contribution in [0, 0.1) is 5.92 Å². The molecule has 2 aliphatic rings. The number of amides is 2. The molecule has 136 valence electrons. The second kappa shape index (κ2) is 7.01. The number of hydrogen-bond acceptors (Lipinski definition) is 5. The number of fused-ring (bicyclic) bond motifs is 1. The molecule has 2 heterocycles. The van der Waals surface area contributed by atoms with Crippen LogP contribution in [0.5, 0.6) is 5.75 Å². The lowest BCUT2D eigenvalue weighted by Crippen LogP contribution is -2.43. The van der Waals surface area contributed by atoms with Crippen molar-refractivity contribution in [2.24, 2.45) is 5.92 Å². The van der Waals surface area contributed by atoms with Gasteiger partial charge in [0.1, 0.15) is 12.4 Å². The summed E-state index contributed by atoms with van der Waals surface area (Å²) >= 11 is 0. The molecule has 7 nitrogen and oxygen atoms in total. The summed E-state index contributed by atoms with van der Waals surface area (Å²) in [6, 6.07) is 4.96. The maximum absolute atomic E-state index is 12.9. The molecule has 1 saturated heterocycles. The minimum absolute atomic E-state index is 0.0373. The third-order valence-corrected chi connectivity index (χ3v) is 4.77. The van der Waals surface area contributed by atoms with E-state index in [-0.39, 0.29) is 17.4 Å². The van der Waals surface area contributed by atoms with Crippen LogP contribution in [0.1, 0.15) is 42.6 Å². The average Bonchev–Trinajstić information content (AvgIpc) is 2.81. The first-order chi connectivity index (χ1) is 11.9. The Morgan fingerprint density at radius 1 is 1.32 bits per heavy atom. The third kappa shape index (κ3) is 3.93. The summed E-state index contributed by atoms with van der Waals surface area (Å²) in [5.74, 6) is 0.0754. The summed E-state index contributed by atoms with van der Waals surface area (Å²) in [6.07, 6.45) is 1.45. The molecule has 2 aliphatic heterocycles. The number of nitrogens with zero attached hydrogens (tertiary/aromatic N) is 1. The number of nitrogens with one attached hydrogen (secondary N) is 1. The van der Waals surface area contributed by atoms with Crippen LogP contribution in [0.4, 0.5) is 0 Å². The van der Waals surface area contributed by atoms with Gasteiger partial charge in [-0.05, 0) is 38.8 Å². The second-order valence-electron chi connectivity index (χ2n) is 7.17. The molecular weight excluding hydrogens is 324 g/mol. The van der Waals surface area contributed by atoms with Crippen LogP contribution in [-0.2, 0) is 16.1 Å². The molecule has 0 spiro atoms. The molecule has 25 heavy (non-hydrogen) atoms. The Hall–Kier alpha value is -2.12. The van der Waals surface area contributed by atoms with E-state index < -0.39 is 5.91 Å². The lowest BCUT2D eigenvalue weighted by Gasteiger charge is -2.36. The molecule has 0 saturated carbocycles. The first-order valence-electron chi connectivity index (χ1n) is 8.52. The maximum atomic E-state index is 12.9. The van der Waals surface area contributed by atoms with Crippen LogP contribution in [0.25, 0.3) is 0 Å². The molecule has 1 aromatic carbocycles. The molecule has 1 atom stereocenters. The fraction of sp³-hybridized carbons (Fsp3) is 0.556. The first kappa shape index (κ1) is 17.7. The molecule has 0 aliphatic carbocycles. The highest BCUT2D eigenvalue weighted by Gasteiger charge is 2.35. The number of carbonyl (C=O) groups is 2. The quantitative estimate of drug-likeness (QED) is 0.628.